The minimum Gasteiger partial charge on any atom is -0.481 e. The van der Waals surface area contributed by atoms with Crippen LogP contribution in [-0.4, -0.2) is 21.8 Å². The van der Waals surface area contributed by atoms with Gasteiger partial charge in [0.1, 0.15) is 5.82 Å². The quantitative estimate of drug-likeness (QED) is 0.514. The number of benzene rings is 1. The highest BCUT2D eigenvalue weighted by Crippen LogP contribution is 2.33. The van der Waals surface area contributed by atoms with Gasteiger partial charge in [-0.2, -0.15) is 0 Å². The van der Waals surface area contributed by atoms with Crippen LogP contribution in [0.15, 0.2) is 17.0 Å². The van der Waals surface area contributed by atoms with Crippen LogP contribution in [0.5, 0.6) is 0 Å². The average molecular weight is 266 g/mol. The van der Waals surface area contributed by atoms with Crippen molar-refractivity contribution < 1.29 is 19.2 Å². The van der Waals surface area contributed by atoms with E-state index < -0.39 is 22.4 Å². The fourth-order valence-corrected chi connectivity index (χ4v) is 1.91. The number of rotatable bonds is 4. The number of carboxylic acids is 1. The minimum absolute atomic E-state index is 0.0267. The molecule has 0 heterocycles. The lowest BCUT2D eigenvalue weighted by Gasteiger charge is -2.02. The third kappa shape index (κ3) is 3.07. The van der Waals surface area contributed by atoms with E-state index in [1.165, 1.54) is 0 Å². The lowest BCUT2D eigenvalue weighted by Crippen LogP contribution is -1.99. The Morgan fingerprint density at radius 1 is 1.62 bits per heavy atom. The van der Waals surface area contributed by atoms with Crippen molar-refractivity contribution in [1.29, 1.82) is 0 Å². The van der Waals surface area contributed by atoms with E-state index in [1.807, 2.05) is 0 Å². The summed E-state index contributed by atoms with van der Waals surface area (Å²) in [7, 11) is 0. The van der Waals surface area contributed by atoms with Crippen molar-refractivity contribution in [2.75, 3.05) is 5.75 Å². The van der Waals surface area contributed by atoms with Crippen LogP contribution in [0, 0.1) is 15.9 Å². The molecule has 0 amide bonds. The molecule has 16 heavy (non-hydrogen) atoms. The molecule has 8 heteroatoms. The summed E-state index contributed by atoms with van der Waals surface area (Å²) >= 11 is 6.16. The van der Waals surface area contributed by atoms with Crippen molar-refractivity contribution in [2.45, 2.75) is 4.90 Å². The first-order valence-corrected chi connectivity index (χ1v) is 5.26. The molecule has 86 valence electrons. The molecule has 0 radical (unpaired) electrons. The summed E-state index contributed by atoms with van der Waals surface area (Å²) in [5, 5.41) is 18.7. The Balaban J connectivity index is 3.09. The van der Waals surface area contributed by atoms with Gasteiger partial charge >= 0.3 is 5.97 Å². The van der Waals surface area contributed by atoms with Crippen molar-refractivity contribution in [3.8, 4) is 0 Å². The van der Waals surface area contributed by atoms with E-state index in [1.54, 1.807) is 0 Å². The fourth-order valence-electron chi connectivity index (χ4n) is 0.916. The normalized spacial score (nSPS) is 10.1. The molecule has 0 aliphatic heterocycles. The van der Waals surface area contributed by atoms with E-state index in [0.29, 0.717) is 17.8 Å². The number of nitrogens with zero attached hydrogens (tertiary/aromatic N) is 1. The zero-order valence-electron chi connectivity index (χ0n) is 7.65. The van der Waals surface area contributed by atoms with Crippen molar-refractivity contribution in [3.05, 3.63) is 33.1 Å². The van der Waals surface area contributed by atoms with Crippen LogP contribution in [0.4, 0.5) is 10.1 Å². The molecular weight excluding hydrogens is 261 g/mol. The summed E-state index contributed by atoms with van der Waals surface area (Å²) < 4.78 is 13.0. The lowest BCUT2D eigenvalue weighted by atomic mass is 10.3. The van der Waals surface area contributed by atoms with Crippen LogP contribution in [0.3, 0.4) is 0 Å². The van der Waals surface area contributed by atoms with Gasteiger partial charge in [-0.25, -0.2) is 4.39 Å². The Labute approximate surface area is 98.4 Å². The van der Waals surface area contributed by atoms with Gasteiger partial charge in [-0.1, -0.05) is 11.6 Å². The Kier molecular flexibility index (Phi) is 4.08. The van der Waals surface area contributed by atoms with Crippen LogP contribution in [0.1, 0.15) is 0 Å². The highest BCUT2D eigenvalue weighted by Gasteiger charge is 2.18. The monoisotopic (exact) mass is 265 g/mol. The van der Waals surface area contributed by atoms with Crippen LogP contribution in [-0.2, 0) is 4.79 Å². The summed E-state index contributed by atoms with van der Waals surface area (Å²) in [5.41, 5.74) is -0.492. The molecule has 0 saturated carbocycles. The van der Waals surface area contributed by atoms with Crippen LogP contribution < -0.4 is 0 Å². The zero-order valence-corrected chi connectivity index (χ0v) is 9.22. The van der Waals surface area contributed by atoms with Gasteiger partial charge in [-0.05, 0) is 6.07 Å². The number of nitro benzene ring substituents is 1. The molecular formula is C8H5ClFNO4S. The summed E-state index contributed by atoms with van der Waals surface area (Å²) in [4.78, 5) is 20.1. The molecule has 1 rings (SSSR count). The maximum atomic E-state index is 13.0. The Bertz CT molecular complexity index is 454. The molecule has 5 nitrogen and oxygen atoms in total. The van der Waals surface area contributed by atoms with E-state index in [4.69, 9.17) is 16.7 Å². The molecule has 1 aromatic rings. The van der Waals surface area contributed by atoms with Crippen LogP contribution in [0.2, 0.25) is 5.02 Å². The summed E-state index contributed by atoms with van der Waals surface area (Å²) in [5.74, 6) is -2.39. The van der Waals surface area contributed by atoms with E-state index in [-0.39, 0.29) is 15.7 Å². The summed E-state index contributed by atoms with van der Waals surface area (Å²) in [6.07, 6.45) is 0. The molecule has 0 bridgehead atoms. The number of halogens is 2. The van der Waals surface area contributed by atoms with Gasteiger partial charge in [0.05, 0.1) is 26.7 Å². The predicted octanol–water partition coefficient (Wildman–Crippen LogP) is 2.56. The molecule has 0 atom stereocenters. The number of nitro groups is 1. The van der Waals surface area contributed by atoms with Crippen molar-refractivity contribution in [2.24, 2.45) is 0 Å². The largest absolute Gasteiger partial charge is 0.481 e. The molecule has 0 aromatic heterocycles. The van der Waals surface area contributed by atoms with E-state index >= 15 is 0 Å². The molecule has 0 saturated heterocycles. The van der Waals surface area contributed by atoms with E-state index in [2.05, 4.69) is 0 Å². The number of hydrogen-bond acceptors (Lipinski definition) is 4. The smallest absolute Gasteiger partial charge is 0.313 e. The second kappa shape index (κ2) is 5.13. The standard InChI is InChI=1S/C8H5ClFNO4S/c9-4-1-7(16-3-8(12)13)6(11(14)15)2-5(4)10/h1-2H,3H2,(H,12,13). The number of hydrogen-bond donors (Lipinski definition) is 1. The van der Waals surface area contributed by atoms with E-state index in [0.717, 1.165) is 6.07 Å². The molecule has 0 unspecified atom stereocenters. The summed E-state index contributed by atoms with van der Waals surface area (Å²) in [6, 6.07) is 1.72. The van der Waals surface area contributed by atoms with E-state index in [9.17, 15) is 19.3 Å². The molecule has 0 aliphatic carbocycles. The van der Waals surface area contributed by atoms with Gasteiger partial charge in [-0.3, -0.25) is 14.9 Å². The van der Waals surface area contributed by atoms with Gasteiger partial charge < -0.3 is 5.11 Å². The highest BCUT2D eigenvalue weighted by atomic mass is 35.5. The molecule has 0 aliphatic rings. The number of aliphatic carboxylic acids is 1. The van der Waals surface area contributed by atoms with Crippen LogP contribution in [0.25, 0.3) is 0 Å². The highest BCUT2D eigenvalue weighted by molar-refractivity contribution is 8.00. The molecule has 0 spiro atoms. The lowest BCUT2D eigenvalue weighted by molar-refractivity contribution is -0.387. The first-order valence-electron chi connectivity index (χ1n) is 3.90. The number of carbonyl (C=O) groups is 1. The number of carboxylic acid groups (broad SMARTS) is 1. The Hall–Kier alpha value is -1.34. The Morgan fingerprint density at radius 2 is 2.25 bits per heavy atom. The minimum atomic E-state index is -1.13. The van der Waals surface area contributed by atoms with Crippen molar-refractivity contribution in [3.63, 3.8) is 0 Å². The van der Waals surface area contributed by atoms with Crippen LogP contribution >= 0.6 is 23.4 Å². The first kappa shape index (κ1) is 12.7. The second-order valence-electron chi connectivity index (χ2n) is 2.67. The fraction of sp³-hybridized carbons (Fsp3) is 0.125. The maximum absolute atomic E-state index is 13.0. The number of thioether (sulfide) groups is 1. The van der Waals surface area contributed by atoms with Crippen molar-refractivity contribution in [1.82, 2.24) is 0 Å². The predicted molar refractivity (Wildman–Crippen MR) is 56.4 cm³/mol. The maximum Gasteiger partial charge on any atom is 0.313 e. The third-order valence-electron chi connectivity index (χ3n) is 1.55. The van der Waals surface area contributed by atoms with Gasteiger partial charge in [0.15, 0.2) is 0 Å². The molecule has 1 N–H and O–H groups in total. The topological polar surface area (TPSA) is 80.4 Å². The Morgan fingerprint density at radius 3 is 2.75 bits per heavy atom. The first-order chi connectivity index (χ1) is 7.41. The molecule has 1 aromatic carbocycles. The van der Waals surface area contributed by atoms with Crippen molar-refractivity contribution >= 4 is 35.0 Å². The second-order valence-corrected chi connectivity index (χ2v) is 4.10. The average Bonchev–Trinajstić information content (AvgIpc) is 2.18. The van der Waals surface area contributed by atoms with Gasteiger partial charge in [0, 0.05) is 0 Å². The summed E-state index contributed by atoms with van der Waals surface area (Å²) in [6.45, 7) is 0. The van der Waals surface area contributed by atoms with Gasteiger partial charge in [-0.15, -0.1) is 11.8 Å². The van der Waals surface area contributed by atoms with Gasteiger partial charge in [0.2, 0.25) is 0 Å². The molecule has 0 fully saturated rings. The van der Waals surface area contributed by atoms with Gasteiger partial charge in [0.25, 0.3) is 5.69 Å². The zero-order chi connectivity index (χ0) is 12.3. The SMILES string of the molecule is O=C(O)CSc1cc(Cl)c(F)cc1[N+](=O)[O-]. The third-order valence-corrected chi connectivity index (χ3v) is 2.87.